The number of allylic oxidation sites excluding steroid dienone is 2. The van der Waals surface area contributed by atoms with Gasteiger partial charge in [-0.3, -0.25) is 0 Å². The maximum atomic E-state index is 2.48. The van der Waals surface area contributed by atoms with Gasteiger partial charge < -0.3 is 0 Å². The average molecular weight is 335 g/mol. The highest BCUT2D eigenvalue weighted by Gasteiger charge is 2.40. The predicted molar refractivity (Wildman–Crippen MR) is 107 cm³/mol. The predicted octanol–water partition coefficient (Wildman–Crippen LogP) is 6.00. The van der Waals surface area contributed by atoms with Crippen LogP contribution in [0.2, 0.25) is 0 Å². The molecule has 0 fully saturated rings. The molecule has 1 heteroatoms. The summed E-state index contributed by atoms with van der Waals surface area (Å²) in [4.78, 5) is 0. The fourth-order valence-electron chi connectivity index (χ4n) is 4.05. The van der Waals surface area contributed by atoms with Gasteiger partial charge in [0.1, 0.15) is 0 Å². The van der Waals surface area contributed by atoms with Crippen LogP contribution in [0.15, 0.2) is 54.7 Å². The number of pyridine rings is 1. The molecule has 25 heavy (non-hydrogen) atoms. The lowest BCUT2D eigenvalue weighted by molar-refractivity contribution is -0.695. The first-order valence-corrected chi connectivity index (χ1v) is 10.0. The molecule has 0 saturated carbocycles. The summed E-state index contributed by atoms with van der Waals surface area (Å²) in [6.07, 6.45) is 14.4. The first kappa shape index (κ1) is 17.9. The zero-order chi connectivity index (χ0) is 17.7. The molecule has 1 unspecified atom stereocenters. The monoisotopic (exact) mass is 334 g/mol. The van der Waals surface area contributed by atoms with Crippen molar-refractivity contribution >= 4 is 0 Å². The van der Waals surface area contributed by atoms with Crippen LogP contribution in [0.25, 0.3) is 11.3 Å². The van der Waals surface area contributed by atoms with E-state index in [4.69, 9.17) is 0 Å². The molecule has 2 aromatic rings. The Morgan fingerprint density at radius 3 is 2.68 bits per heavy atom. The van der Waals surface area contributed by atoms with E-state index in [9.17, 15) is 0 Å². The normalized spacial score (nSPS) is 19.0. The first-order valence-electron chi connectivity index (χ1n) is 10.0. The Labute approximate surface area is 153 Å². The zero-order valence-corrected chi connectivity index (χ0v) is 16.1. The Morgan fingerprint density at radius 1 is 1.08 bits per heavy atom. The molecule has 0 N–H and O–H groups in total. The Hall–Kier alpha value is -1.89. The molecule has 132 valence electrons. The van der Waals surface area contributed by atoms with E-state index in [0.29, 0.717) is 0 Å². The van der Waals surface area contributed by atoms with Crippen LogP contribution in [-0.2, 0) is 18.4 Å². The number of nitrogens with zero attached hydrogens (tertiary/aromatic N) is 1. The number of hydrogen-bond acceptors (Lipinski definition) is 0. The third-order valence-corrected chi connectivity index (χ3v) is 5.63. The number of aryl methyl sites for hydroxylation is 1. The highest BCUT2D eigenvalue weighted by molar-refractivity contribution is 5.65. The average Bonchev–Trinajstić information content (AvgIpc) is 2.66. The van der Waals surface area contributed by atoms with Crippen LogP contribution in [0.5, 0.6) is 0 Å². The van der Waals surface area contributed by atoms with E-state index in [1.54, 1.807) is 0 Å². The van der Waals surface area contributed by atoms with Gasteiger partial charge in [0.25, 0.3) is 0 Å². The second-order valence-electron chi connectivity index (χ2n) is 7.40. The van der Waals surface area contributed by atoms with Crippen LogP contribution >= 0.6 is 0 Å². The van der Waals surface area contributed by atoms with Crippen molar-refractivity contribution in [2.45, 2.75) is 71.3 Å². The van der Waals surface area contributed by atoms with Crippen LogP contribution in [0.3, 0.4) is 0 Å². The van der Waals surface area contributed by atoms with E-state index < -0.39 is 0 Å². The van der Waals surface area contributed by atoms with Gasteiger partial charge in [-0.15, -0.1) is 0 Å². The van der Waals surface area contributed by atoms with Crippen molar-refractivity contribution < 1.29 is 4.57 Å². The van der Waals surface area contributed by atoms with E-state index >= 15 is 0 Å². The molecule has 2 heterocycles. The van der Waals surface area contributed by atoms with Crippen molar-refractivity contribution in [3.8, 4) is 11.3 Å². The van der Waals surface area contributed by atoms with Gasteiger partial charge in [0.05, 0.1) is 11.0 Å². The van der Waals surface area contributed by atoms with Crippen molar-refractivity contribution in [3.05, 3.63) is 65.9 Å². The Bertz CT molecular complexity index is 744. The summed E-state index contributed by atoms with van der Waals surface area (Å²) in [5.41, 5.74) is 5.88. The van der Waals surface area contributed by atoms with Crippen LogP contribution < -0.4 is 4.57 Å². The first-order chi connectivity index (χ1) is 12.2. The standard InChI is InChI=1S/C24H32N/c1-4-7-11-16-24(6-3)19-25-17-15-20(12-8-5-2)18-23(25)21-13-9-10-14-22(21)24/h9-11,13-18H,4-8,12,19H2,1-3H3/q+1. The van der Waals surface area contributed by atoms with Gasteiger partial charge in [-0.1, -0.05) is 64.0 Å². The summed E-state index contributed by atoms with van der Waals surface area (Å²) in [5.74, 6) is 0. The fraction of sp³-hybridized carbons (Fsp3) is 0.458. The third-order valence-electron chi connectivity index (χ3n) is 5.63. The van der Waals surface area contributed by atoms with Gasteiger partial charge in [-0.25, -0.2) is 0 Å². The summed E-state index contributed by atoms with van der Waals surface area (Å²) < 4.78 is 2.47. The molecule has 1 atom stereocenters. The van der Waals surface area contributed by atoms with Crippen LogP contribution in [0.1, 0.15) is 64.0 Å². The fourth-order valence-corrected chi connectivity index (χ4v) is 4.05. The van der Waals surface area contributed by atoms with E-state index in [1.165, 1.54) is 48.1 Å². The van der Waals surface area contributed by atoms with Gasteiger partial charge in [0.2, 0.25) is 5.69 Å². The van der Waals surface area contributed by atoms with E-state index in [0.717, 1.165) is 19.4 Å². The van der Waals surface area contributed by atoms with Gasteiger partial charge in [-0.2, -0.15) is 4.57 Å². The SMILES string of the molecule is CCCC=CC1(CC)C[n+]2ccc(CCCC)cc2-c2ccccc21. The number of aromatic nitrogens is 1. The topological polar surface area (TPSA) is 3.88 Å². The van der Waals surface area contributed by atoms with Crippen LogP contribution in [0, 0.1) is 0 Å². The second-order valence-corrected chi connectivity index (χ2v) is 7.40. The summed E-state index contributed by atoms with van der Waals surface area (Å²) in [7, 11) is 0. The largest absolute Gasteiger partial charge is 0.213 e. The third kappa shape index (κ3) is 3.56. The maximum Gasteiger partial charge on any atom is 0.213 e. The molecule has 1 aromatic carbocycles. The molecule has 1 nitrogen and oxygen atoms in total. The van der Waals surface area contributed by atoms with Crippen LogP contribution in [-0.4, -0.2) is 0 Å². The Morgan fingerprint density at radius 2 is 1.92 bits per heavy atom. The molecule has 0 radical (unpaired) electrons. The summed E-state index contributed by atoms with van der Waals surface area (Å²) in [6.45, 7) is 7.89. The minimum absolute atomic E-state index is 0.119. The van der Waals surface area contributed by atoms with Crippen molar-refractivity contribution in [2.75, 3.05) is 0 Å². The molecule has 1 aromatic heterocycles. The van der Waals surface area contributed by atoms with Crippen LogP contribution in [0.4, 0.5) is 0 Å². The van der Waals surface area contributed by atoms with Gasteiger partial charge in [0.15, 0.2) is 12.7 Å². The molecule has 0 aliphatic carbocycles. The van der Waals surface area contributed by atoms with Gasteiger partial charge in [-0.05, 0) is 42.9 Å². The minimum Gasteiger partial charge on any atom is -0.197 e. The minimum atomic E-state index is 0.119. The summed E-state index contributed by atoms with van der Waals surface area (Å²) in [6, 6.07) is 13.8. The molecule has 1 aliphatic rings. The number of unbranched alkanes of at least 4 members (excludes halogenated alkanes) is 2. The van der Waals surface area contributed by atoms with Crippen molar-refractivity contribution in [3.63, 3.8) is 0 Å². The molecule has 0 amide bonds. The van der Waals surface area contributed by atoms with E-state index in [-0.39, 0.29) is 5.41 Å². The molecule has 0 bridgehead atoms. The van der Waals surface area contributed by atoms with Gasteiger partial charge >= 0.3 is 0 Å². The summed E-state index contributed by atoms with van der Waals surface area (Å²) >= 11 is 0. The van der Waals surface area contributed by atoms with E-state index in [2.05, 4.69) is 80.1 Å². The number of fused-ring (bicyclic) bond motifs is 3. The van der Waals surface area contributed by atoms with Crippen molar-refractivity contribution in [2.24, 2.45) is 0 Å². The molecular formula is C24H32N+. The summed E-state index contributed by atoms with van der Waals surface area (Å²) in [5, 5.41) is 0. The molecule has 0 saturated heterocycles. The molecule has 1 aliphatic heterocycles. The lowest BCUT2D eigenvalue weighted by Crippen LogP contribution is -2.50. The lowest BCUT2D eigenvalue weighted by Gasteiger charge is -2.33. The quantitative estimate of drug-likeness (QED) is 0.432. The number of hydrogen-bond donors (Lipinski definition) is 0. The Balaban J connectivity index is 2.07. The molecular weight excluding hydrogens is 302 g/mol. The van der Waals surface area contributed by atoms with Crippen molar-refractivity contribution in [1.82, 2.24) is 0 Å². The second kappa shape index (κ2) is 7.99. The highest BCUT2D eigenvalue weighted by Crippen LogP contribution is 2.40. The smallest absolute Gasteiger partial charge is 0.197 e. The molecule has 3 rings (SSSR count). The highest BCUT2D eigenvalue weighted by atomic mass is 15.0. The van der Waals surface area contributed by atoms with Crippen molar-refractivity contribution in [1.29, 1.82) is 0 Å². The number of benzene rings is 1. The molecule has 0 spiro atoms. The maximum absolute atomic E-state index is 2.48. The lowest BCUT2D eigenvalue weighted by atomic mass is 9.72. The van der Waals surface area contributed by atoms with Gasteiger partial charge in [0, 0.05) is 12.1 Å². The number of rotatable bonds is 7. The van der Waals surface area contributed by atoms with E-state index in [1.807, 2.05) is 0 Å². The Kier molecular flexibility index (Phi) is 5.73. The zero-order valence-electron chi connectivity index (χ0n) is 16.1.